The summed E-state index contributed by atoms with van der Waals surface area (Å²) in [4.78, 5) is 3.68. The van der Waals surface area contributed by atoms with Crippen molar-refractivity contribution in [2.45, 2.75) is 13.3 Å². The summed E-state index contributed by atoms with van der Waals surface area (Å²) < 4.78 is 45.9. The van der Waals surface area contributed by atoms with Crippen molar-refractivity contribution in [1.82, 2.24) is 4.98 Å². The van der Waals surface area contributed by atoms with Gasteiger partial charge in [0.2, 0.25) is 0 Å². The van der Waals surface area contributed by atoms with E-state index in [1.807, 2.05) is 6.92 Å². The van der Waals surface area contributed by atoms with Crippen LogP contribution in [0.25, 0.3) is 0 Å². The molecular formula is C14H12ClF3N2O. The van der Waals surface area contributed by atoms with E-state index in [0.29, 0.717) is 12.6 Å². The van der Waals surface area contributed by atoms with E-state index in [-0.39, 0.29) is 16.6 Å². The standard InChI is InChI=1S/C14H12ClF3N2O/c1-2-6-19-13-9(16)7-10(17)14(20-13)21-11-5-3-4-8(15)12(11)18/h3-5,7H,2,6H2,1H3,(H,19,20). The molecule has 0 aliphatic rings. The lowest BCUT2D eigenvalue weighted by molar-refractivity contribution is 0.395. The number of rotatable bonds is 5. The van der Waals surface area contributed by atoms with Crippen LogP contribution in [0.4, 0.5) is 19.0 Å². The molecular weight excluding hydrogens is 305 g/mol. The Labute approximate surface area is 124 Å². The molecule has 112 valence electrons. The normalized spacial score (nSPS) is 10.5. The maximum Gasteiger partial charge on any atom is 0.258 e. The van der Waals surface area contributed by atoms with Crippen molar-refractivity contribution in [3.8, 4) is 11.6 Å². The first-order valence-electron chi connectivity index (χ1n) is 6.24. The molecule has 1 heterocycles. The van der Waals surface area contributed by atoms with Crippen LogP contribution >= 0.6 is 11.6 Å². The number of nitrogens with one attached hydrogen (secondary N) is 1. The first-order chi connectivity index (χ1) is 10.0. The molecule has 1 aromatic heterocycles. The molecule has 3 nitrogen and oxygen atoms in total. The zero-order valence-electron chi connectivity index (χ0n) is 11.1. The maximum atomic E-state index is 13.7. The average Bonchev–Trinajstić information content (AvgIpc) is 2.45. The Balaban J connectivity index is 2.33. The summed E-state index contributed by atoms with van der Waals surface area (Å²) in [5.41, 5.74) is 0. The van der Waals surface area contributed by atoms with Gasteiger partial charge in [-0.2, -0.15) is 4.98 Å². The molecule has 2 aromatic rings. The van der Waals surface area contributed by atoms with Crippen molar-refractivity contribution in [1.29, 1.82) is 0 Å². The van der Waals surface area contributed by atoms with Crippen molar-refractivity contribution in [3.63, 3.8) is 0 Å². The Morgan fingerprint density at radius 1 is 1.24 bits per heavy atom. The van der Waals surface area contributed by atoms with Crippen molar-refractivity contribution in [2.75, 3.05) is 11.9 Å². The predicted molar refractivity (Wildman–Crippen MR) is 74.4 cm³/mol. The molecule has 0 aliphatic heterocycles. The van der Waals surface area contributed by atoms with E-state index in [2.05, 4.69) is 10.3 Å². The molecule has 0 saturated heterocycles. The van der Waals surface area contributed by atoms with E-state index in [1.54, 1.807) is 0 Å². The molecule has 0 aliphatic carbocycles. The second-order valence-electron chi connectivity index (χ2n) is 4.19. The molecule has 1 N–H and O–H groups in total. The number of benzene rings is 1. The highest BCUT2D eigenvalue weighted by Gasteiger charge is 2.16. The Morgan fingerprint density at radius 3 is 2.71 bits per heavy atom. The third-order valence-corrected chi connectivity index (χ3v) is 2.85. The number of anilines is 1. The minimum atomic E-state index is -1.03. The number of pyridine rings is 1. The Hall–Kier alpha value is -1.95. The number of hydrogen-bond acceptors (Lipinski definition) is 3. The summed E-state index contributed by atoms with van der Waals surface area (Å²) in [6.45, 7) is 2.34. The zero-order valence-corrected chi connectivity index (χ0v) is 11.8. The summed E-state index contributed by atoms with van der Waals surface area (Å²) in [5, 5.41) is 2.52. The van der Waals surface area contributed by atoms with Gasteiger partial charge in [0.1, 0.15) is 0 Å². The first kappa shape index (κ1) is 15.4. The lowest BCUT2D eigenvalue weighted by Gasteiger charge is -2.10. The van der Waals surface area contributed by atoms with Crippen LogP contribution in [-0.4, -0.2) is 11.5 Å². The van der Waals surface area contributed by atoms with Crippen molar-refractivity contribution < 1.29 is 17.9 Å². The second-order valence-corrected chi connectivity index (χ2v) is 4.59. The fourth-order valence-corrected chi connectivity index (χ4v) is 1.72. The van der Waals surface area contributed by atoms with E-state index in [1.165, 1.54) is 18.2 Å². The quantitative estimate of drug-likeness (QED) is 0.863. The minimum absolute atomic E-state index is 0.157. The van der Waals surface area contributed by atoms with Gasteiger partial charge >= 0.3 is 0 Å². The number of halogens is 4. The van der Waals surface area contributed by atoms with Crippen molar-refractivity contribution in [2.24, 2.45) is 0 Å². The van der Waals surface area contributed by atoms with Crippen LogP contribution in [0, 0.1) is 17.5 Å². The van der Waals surface area contributed by atoms with Gasteiger partial charge in [-0.15, -0.1) is 0 Å². The molecule has 1 aromatic carbocycles. The summed E-state index contributed by atoms with van der Waals surface area (Å²) in [5.74, 6) is -3.70. The lowest BCUT2D eigenvalue weighted by atomic mass is 10.3. The van der Waals surface area contributed by atoms with Crippen molar-refractivity contribution in [3.05, 3.63) is 46.7 Å². The van der Waals surface area contributed by atoms with Crippen LogP contribution in [0.3, 0.4) is 0 Å². The van der Waals surface area contributed by atoms with Crippen LogP contribution in [0.2, 0.25) is 5.02 Å². The predicted octanol–water partition coefficient (Wildman–Crippen LogP) is 4.77. The van der Waals surface area contributed by atoms with Gasteiger partial charge in [0.05, 0.1) is 5.02 Å². The topological polar surface area (TPSA) is 34.2 Å². The zero-order chi connectivity index (χ0) is 15.4. The summed E-state index contributed by atoms with van der Waals surface area (Å²) in [6, 6.07) is 4.67. The minimum Gasteiger partial charge on any atom is -0.433 e. The van der Waals surface area contributed by atoms with Gasteiger partial charge in [0.25, 0.3) is 5.88 Å². The molecule has 0 fully saturated rings. The highest BCUT2D eigenvalue weighted by Crippen LogP contribution is 2.30. The molecule has 0 atom stereocenters. The molecule has 7 heteroatoms. The van der Waals surface area contributed by atoms with Gasteiger partial charge in [0.15, 0.2) is 29.0 Å². The largest absolute Gasteiger partial charge is 0.433 e. The average molecular weight is 317 g/mol. The van der Waals surface area contributed by atoms with Crippen LogP contribution in [0.1, 0.15) is 13.3 Å². The molecule has 0 bridgehead atoms. The third kappa shape index (κ3) is 3.58. The molecule has 0 amide bonds. The highest BCUT2D eigenvalue weighted by atomic mass is 35.5. The van der Waals surface area contributed by atoms with E-state index >= 15 is 0 Å². The van der Waals surface area contributed by atoms with Crippen molar-refractivity contribution >= 4 is 17.4 Å². The number of ether oxygens (including phenoxy) is 1. The van der Waals surface area contributed by atoms with Gasteiger partial charge < -0.3 is 10.1 Å². The van der Waals surface area contributed by atoms with E-state index in [9.17, 15) is 13.2 Å². The van der Waals surface area contributed by atoms with Gasteiger partial charge in [-0.05, 0) is 18.6 Å². The van der Waals surface area contributed by atoms with Crippen LogP contribution in [0.5, 0.6) is 11.6 Å². The molecule has 0 unspecified atom stereocenters. The Morgan fingerprint density at radius 2 is 2.00 bits per heavy atom. The third-order valence-electron chi connectivity index (χ3n) is 2.56. The Kier molecular flexibility index (Phi) is 4.90. The maximum absolute atomic E-state index is 13.7. The smallest absolute Gasteiger partial charge is 0.258 e. The van der Waals surface area contributed by atoms with Crippen LogP contribution in [-0.2, 0) is 0 Å². The summed E-state index contributed by atoms with van der Waals surface area (Å²) >= 11 is 5.60. The van der Waals surface area contributed by atoms with Crippen LogP contribution < -0.4 is 10.1 Å². The molecule has 0 spiro atoms. The highest BCUT2D eigenvalue weighted by molar-refractivity contribution is 6.30. The SMILES string of the molecule is CCCNc1nc(Oc2cccc(Cl)c2F)c(F)cc1F. The van der Waals surface area contributed by atoms with E-state index < -0.39 is 23.3 Å². The number of nitrogens with zero attached hydrogens (tertiary/aromatic N) is 1. The first-order valence-corrected chi connectivity index (χ1v) is 6.62. The van der Waals surface area contributed by atoms with Crippen LogP contribution in [0.15, 0.2) is 24.3 Å². The van der Waals surface area contributed by atoms with Gasteiger partial charge in [-0.1, -0.05) is 24.6 Å². The van der Waals surface area contributed by atoms with Gasteiger partial charge in [-0.3, -0.25) is 0 Å². The second kappa shape index (κ2) is 6.67. The summed E-state index contributed by atoms with van der Waals surface area (Å²) in [6.07, 6.45) is 0.734. The van der Waals surface area contributed by atoms with Gasteiger partial charge in [0, 0.05) is 12.6 Å². The monoisotopic (exact) mass is 316 g/mol. The summed E-state index contributed by atoms with van der Waals surface area (Å²) in [7, 11) is 0. The Bertz CT molecular complexity index is 652. The molecule has 0 radical (unpaired) electrons. The number of hydrogen-bond donors (Lipinski definition) is 1. The number of aromatic nitrogens is 1. The van der Waals surface area contributed by atoms with Gasteiger partial charge in [-0.25, -0.2) is 13.2 Å². The van der Waals surface area contributed by atoms with E-state index in [4.69, 9.17) is 16.3 Å². The van der Waals surface area contributed by atoms with E-state index in [0.717, 1.165) is 6.42 Å². The molecule has 0 saturated carbocycles. The fraction of sp³-hybridized carbons (Fsp3) is 0.214. The lowest BCUT2D eigenvalue weighted by Crippen LogP contribution is -2.06. The fourth-order valence-electron chi connectivity index (χ4n) is 1.56. The molecule has 2 rings (SSSR count). The molecule has 21 heavy (non-hydrogen) atoms.